The van der Waals surface area contributed by atoms with Gasteiger partial charge >= 0.3 is 17.9 Å². The number of nitrogens with one attached hydrogen (secondary N) is 3. The highest BCUT2D eigenvalue weighted by molar-refractivity contribution is 5.77. The Hall–Kier alpha value is -3.85. The molecule has 0 bridgehead atoms. The molecule has 0 radical (unpaired) electrons. The van der Waals surface area contributed by atoms with E-state index in [1.54, 1.807) is 0 Å². The van der Waals surface area contributed by atoms with Gasteiger partial charge in [0.1, 0.15) is 6.04 Å². The lowest BCUT2D eigenvalue weighted by Gasteiger charge is -2.44. The highest BCUT2D eigenvalue weighted by Gasteiger charge is 2.52. The maximum atomic E-state index is 11.9. The van der Waals surface area contributed by atoms with Crippen LogP contribution >= 0.6 is 0 Å². The fraction of sp³-hybridized carbons (Fsp3) is 0.854. The van der Waals surface area contributed by atoms with E-state index in [0.29, 0.717) is 45.4 Å². The molecule has 65 heavy (non-hydrogen) atoms. The molecule has 0 unspecified atom stereocenters. The molecule has 0 saturated carbocycles. The monoisotopic (exact) mass is 933 g/mol. The van der Waals surface area contributed by atoms with Gasteiger partial charge in [-0.05, 0) is 94.4 Å². The number of esters is 3. The molecule has 0 spiro atoms. The third-order valence-electron chi connectivity index (χ3n) is 8.41. The zero-order chi connectivity index (χ0) is 51.8. The van der Waals surface area contributed by atoms with Crippen LogP contribution in [0.5, 0.6) is 0 Å². The third-order valence-corrected chi connectivity index (χ3v) is 8.41. The Morgan fingerprint density at radius 2 is 1.18 bits per heavy atom. The van der Waals surface area contributed by atoms with Crippen molar-refractivity contribution in [1.29, 1.82) is 5.26 Å². The summed E-state index contributed by atoms with van der Waals surface area (Å²) in [5, 5.41) is 17.3. The molecule has 5 atom stereocenters. The largest absolute Gasteiger partial charge is 0.456 e. The first kappa shape index (κ1) is 67.7. The van der Waals surface area contributed by atoms with Gasteiger partial charge in [0.25, 0.3) is 0 Å². The molecule has 0 aromatic rings. The average molecular weight is 933 g/mol. The maximum absolute atomic E-state index is 11.9. The lowest BCUT2D eigenvalue weighted by molar-refractivity contribution is -0.321. The van der Waals surface area contributed by atoms with Crippen LogP contribution in [0.2, 0.25) is 0 Å². The molecule has 1 aliphatic rings. The smallest absolute Gasteiger partial charge is 0.305 e. The Labute approximate surface area is 393 Å². The highest BCUT2D eigenvalue weighted by atomic mass is 16.8. The lowest BCUT2D eigenvalue weighted by atomic mass is 9.90. The van der Waals surface area contributed by atoms with Crippen molar-refractivity contribution in [1.82, 2.24) is 16.0 Å². The first-order chi connectivity index (χ1) is 30.0. The second-order valence-corrected chi connectivity index (χ2v) is 17.9. The number of unbranched alkanes of at least 4 members (excludes halogenated alkanes) is 2. The molecule has 0 aromatic heterocycles. The number of carbonyl (C=O) groups excluding carboxylic acids is 6. The number of nitrogens with zero attached hydrogens (tertiary/aromatic N) is 1. The van der Waals surface area contributed by atoms with Gasteiger partial charge in [-0.3, -0.25) is 28.8 Å². The number of hydrogen-bond acceptors (Lipinski definition) is 14. The van der Waals surface area contributed by atoms with Gasteiger partial charge in [0, 0.05) is 59.7 Å². The van der Waals surface area contributed by atoms with Crippen molar-refractivity contribution < 1.29 is 61.9 Å². The second kappa shape index (κ2) is 35.4. The number of rotatable bonds is 22. The Balaban J connectivity index is -0.000000532. The van der Waals surface area contributed by atoms with E-state index >= 15 is 0 Å². The van der Waals surface area contributed by atoms with Crippen molar-refractivity contribution in [3.05, 3.63) is 0 Å². The summed E-state index contributed by atoms with van der Waals surface area (Å²) < 4.78 is 39.3. The zero-order valence-electron chi connectivity index (χ0n) is 44.3. The van der Waals surface area contributed by atoms with E-state index in [1.807, 2.05) is 118 Å². The Bertz CT molecular complexity index is 1400. The summed E-state index contributed by atoms with van der Waals surface area (Å²) in [6.45, 7) is 40.0. The first-order valence-electron chi connectivity index (χ1n) is 23.4. The minimum Gasteiger partial charge on any atom is -0.456 e. The van der Waals surface area contributed by atoms with E-state index in [4.69, 9.17) is 38.4 Å². The SMILES string of the molecule is CC.CC.CC.CC(=O)N[C@H]1[C@H](OCCCCCNC(=O)C(C)C)O[C@H](OC(C)=O)[C@H](OC(C)=O)[C@@H]1OC(C)=O.CC(C)(C#N)CCC(=O)NCCC(C)(C)OCC(C)(C)OC(C)(C)C. The number of carbonyl (C=O) groups is 6. The van der Waals surface area contributed by atoms with Crippen molar-refractivity contribution in [2.45, 2.75) is 232 Å². The van der Waals surface area contributed by atoms with Gasteiger partial charge in [0.05, 0.1) is 34.9 Å². The van der Waals surface area contributed by atoms with Crippen LogP contribution in [0.15, 0.2) is 0 Å². The van der Waals surface area contributed by atoms with E-state index in [9.17, 15) is 28.8 Å². The zero-order valence-corrected chi connectivity index (χ0v) is 44.3. The molecule has 1 heterocycles. The van der Waals surface area contributed by atoms with Crippen LogP contribution in [0.4, 0.5) is 0 Å². The summed E-state index contributed by atoms with van der Waals surface area (Å²) in [6.07, 6.45) is -1.42. The van der Waals surface area contributed by atoms with Gasteiger partial charge in [-0.1, -0.05) is 55.4 Å². The summed E-state index contributed by atoms with van der Waals surface area (Å²) in [4.78, 5) is 70.3. The van der Waals surface area contributed by atoms with Crippen molar-refractivity contribution in [2.75, 3.05) is 26.3 Å². The predicted molar refractivity (Wildman–Crippen MR) is 252 cm³/mol. The first-order valence-corrected chi connectivity index (χ1v) is 23.4. The Morgan fingerprint density at radius 1 is 0.662 bits per heavy atom. The van der Waals surface area contributed by atoms with Crippen LogP contribution < -0.4 is 16.0 Å². The topological polar surface area (TPSA) is 227 Å². The molecule has 382 valence electrons. The molecule has 3 amide bonds. The fourth-order valence-electron chi connectivity index (χ4n) is 5.63. The normalized spacial score (nSPS) is 18.1. The number of hydrogen-bond donors (Lipinski definition) is 3. The van der Waals surface area contributed by atoms with E-state index in [0.717, 1.165) is 33.6 Å². The molecular formula is C48H92N4O13. The van der Waals surface area contributed by atoms with Gasteiger partial charge in [-0.25, -0.2) is 0 Å². The molecule has 3 N–H and O–H groups in total. The summed E-state index contributed by atoms with van der Waals surface area (Å²) in [6, 6.07) is 1.17. The lowest BCUT2D eigenvalue weighted by Crippen LogP contribution is -2.66. The molecule has 0 aromatic carbocycles. The summed E-state index contributed by atoms with van der Waals surface area (Å²) in [5.74, 6) is -2.73. The average Bonchev–Trinajstić information content (AvgIpc) is 3.19. The van der Waals surface area contributed by atoms with Crippen LogP contribution in [0.25, 0.3) is 0 Å². The Kier molecular flexibility index (Phi) is 36.8. The van der Waals surface area contributed by atoms with Crippen molar-refractivity contribution >= 4 is 35.6 Å². The van der Waals surface area contributed by atoms with E-state index in [-0.39, 0.29) is 41.1 Å². The van der Waals surface area contributed by atoms with Crippen molar-refractivity contribution in [3.8, 4) is 6.07 Å². The summed E-state index contributed by atoms with van der Waals surface area (Å²) in [7, 11) is 0. The van der Waals surface area contributed by atoms with Gasteiger partial charge in [-0.15, -0.1) is 0 Å². The molecular weight excluding hydrogens is 841 g/mol. The quantitative estimate of drug-likeness (QED) is 0.0534. The minimum absolute atomic E-state index is 0.0136. The van der Waals surface area contributed by atoms with E-state index < -0.39 is 60.1 Å². The number of ether oxygens (including phenoxy) is 7. The Morgan fingerprint density at radius 3 is 1.65 bits per heavy atom. The van der Waals surface area contributed by atoms with E-state index in [2.05, 4.69) is 22.0 Å². The van der Waals surface area contributed by atoms with Crippen LogP contribution in [-0.4, -0.2) is 110 Å². The van der Waals surface area contributed by atoms with Crippen molar-refractivity contribution in [3.63, 3.8) is 0 Å². The fourth-order valence-corrected chi connectivity index (χ4v) is 5.63. The molecule has 17 nitrogen and oxygen atoms in total. The number of nitriles is 1. The van der Waals surface area contributed by atoms with E-state index in [1.165, 1.54) is 6.92 Å². The van der Waals surface area contributed by atoms with Crippen LogP contribution in [0, 0.1) is 22.7 Å². The summed E-state index contributed by atoms with van der Waals surface area (Å²) in [5.41, 5.74) is -1.40. The highest BCUT2D eigenvalue weighted by Crippen LogP contribution is 2.29. The standard InChI is InChI=1S/C22H36N2O10.C20H38N2O3.3C2H6/c1-12(2)20(29)23-10-8-7-9-11-30-21-17(24-13(3)25)18(31-14(4)26)19(32-15(5)27)22(34-21)33-16(6)28;1-17(2,3)25-20(8,9)15-24-19(6,7)12-13-22-16(23)10-11-18(4,5)14-21;3*1-2/h12,17-19,21-22H,7-11H2,1-6H3,(H,23,29)(H,24,25);10-13,15H2,1-9H3,(H,22,23);3*1-2H3/t17-,18-,19-,21-,22+;;;;/m1..../s1. The summed E-state index contributed by atoms with van der Waals surface area (Å²) >= 11 is 0. The van der Waals surface area contributed by atoms with Crippen LogP contribution in [0.3, 0.4) is 0 Å². The van der Waals surface area contributed by atoms with Crippen molar-refractivity contribution in [2.24, 2.45) is 11.3 Å². The molecule has 0 aliphatic carbocycles. The predicted octanol–water partition coefficient (Wildman–Crippen LogP) is 7.85. The molecule has 17 heteroatoms. The molecule has 1 aliphatic heterocycles. The minimum atomic E-state index is -1.42. The molecule has 1 saturated heterocycles. The molecule has 1 fully saturated rings. The van der Waals surface area contributed by atoms with Gasteiger partial charge in [0.2, 0.25) is 30.1 Å². The van der Waals surface area contributed by atoms with Gasteiger partial charge < -0.3 is 49.1 Å². The molecule has 1 rings (SSSR count). The third kappa shape index (κ3) is 36.0. The van der Waals surface area contributed by atoms with Crippen LogP contribution in [0.1, 0.15) is 184 Å². The number of amides is 3. The van der Waals surface area contributed by atoms with Gasteiger partial charge in [0.15, 0.2) is 12.4 Å². The van der Waals surface area contributed by atoms with Crippen LogP contribution in [-0.2, 0) is 61.9 Å². The van der Waals surface area contributed by atoms with Gasteiger partial charge in [-0.2, -0.15) is 5.26 Å². The maximum Gasteiger partial charge on any atom is 0.305 e. The second-order valence-electron chi connectivity index (χ2n) is 17.9.